The van der Waals surface area contributed by atoms with Crippen LogP contribution in [0.1, 0.15) is 18.6 Å². The van der Waals surface area contributed by atoms with E-state index in [1.54, 1.807) is 24.3 Å². The fraction of sp³-hybridized carbons (Fsp3) is 0.143. The summed E-state index contributed by atoms with van der Waals surface area (Å²) in [5.41, 5.74) is 1.08. The van der Waals surface area contributed by atoms with Gasteiger partial charge in [-0.3, -0.25) is 10.1 Å². The van der Waals surface area contributed by atoms with Gasteiger partial charge in [-0.1, -0.05) is 42.5 Å². The molecule has 4 N–H and O–H groups in total. The second-order valence-corrected chi connectivity index (χ2v) is 6.88. The number of carbonyl (C=O) groups is 2. The van der Waals surface area contributed by atoms with Gasteiger partial charge < -0.3 is 15.5 Å². The molecule has 0 radical (unpaired) electrons. The van der Waals surface area contributed by atoms with Gasteiger partial charge in [0.1, 0.15) is 17.4 Å². The van der Waals surface area contributed by atoms with Gasteiger partial charge in [0.2, 0.25) is 0 Å². The molecule has 1 aliphatic heterocycles. The lowest BCUT2D eigenvalue weighted by Gasteiger charge is -2.27. The van der Waals surface area contributed by atoms with Gasteiger partial charge in [0.15, 0.2) is 0 Å². The highest BCUT2D eigenvalue weighted by atomic mass is 16.3. The maximum atomic E-state index is 12.0. The summed E-state index contributed by atoms with van der Waals surface area (Å²) in [5, 5.41) is 26.7. The van der Waals surface area contributed by atoms with Crippen molar-refractivity contribution in [2.45, 2.75) is 18.6 Å². The Labute approximate surface area is 155 Å². The molecular weight excluding hydrogens is 344 g/mol. The van der Waals surface area contributed by atoms with Crippen LogP contribution in [0.5, 0.6) is 5.75 Å². The molecule has 1 unspecified atom stereocenters. The number of benzene rings is 3. The highest BCUT2D eigenvalue weighted by Crippen LogP contribution is 2.31. The molecule has 0 spiro atoms. The number of carbonyl (C=O) groups excluding carboxylic acids is 2. The number of aliphatic hydroxyl groups is 1. The third-order valence-electron chi connectivity index (χ3n) is 5.00. The first kappa shape index (κ1) is 17.1. The van der Waals surface area contributed by atoms with Gasteiger partial charge in [-0.2, -0.15) is 0 Å². The first-order valence-electron chi connectivity index (χ1n) is 8.51. The summed E-state index contributed by atoms with van der Waals surface area (Å²) in [6, 6.07) is 17.7. The predicted octanol–water partition coefficient (Wildman–Crippen LogP) is 2.84. The van der Waals surface area contributed by atoms with E-state index in [1.165, 1.54) is 6.92 Å². The molecule has 1 heterocycles. The third-order valence-corrected chi connectivity index (χ3v) is 5.00. The van der Waals surface area contributed by atoms with Crippen molar-refractivity contribution in [3.63, 3.8) is 0 Å². The van der Waals surface area contributed by atoms with Crippen LogP contribution in [-0.4, -0.2) is 27.7 Å². The van der Waals surface area contributed by atoms with Gasteiger partial charge in [-0.15, -0.1) is 0 Å². The summed E-state index contributed by atoms with van der Waals surface area (Å²) in [4.78, 5) is 23.4. The van der Waals surface area contributed by atoms with Gasteiger partial charge in [0, 0.05) is 0 Å². The lowest BCUT2D eigenvalue weighted by Crippen LogP contribution is -2.49. The Morgan fingerprint density at radius 1 is 0.889 bits per heavy atom. The number of aliphatic hydroxyl groups excluding tert-OH is 1. The van der Waals surface area contributed by atoms with Gasteiger partial charge in [0.05, 0.1) is 0 Å². The van der Waals surface area contributed by atoms with E-state index in [2.05, 4.69) is 10.6 Å². The molecule has 2 atom stereocenters. The highest BCUT2D eigenvalue weighted by molar-refractivity contribution is 6.07. The zero-order chi connectivity index (χ0) is 19.2. The van der Waals surface area contributed by atoms with E-state index >= 15 is 0 Å². The second kappa shape index (κ2) is 6.10. The van der Waals surface area contributed by atoms with Crippen LogP contribution in [0.25, 0.3) is 21.9 Å². The Hall–Kier alpha value is -3.38. The lowest BCUT2D eigenvalue weighted by molar-refractivity contribution is -0.127. The number of fused-ring (bicyclic) bond motifs is 1. The number of nitrogens with one attached hydrogen (secondary N) is 2. The van der Waals surface area contributed by atoms with Crippen molar-refractivity contribution in [2.75, 3.05) is 0 Å². The van der Waals surface area contributed by atoms with Crippen LogP contribution in [0.3, 0.4) is 0 Å². The minimum Gasteiger partial charge on any atom is -0.508 e. The molecule has 3 aromatic carbocycles. The summed E-state index contributed by atoms with van der Waals surface area (Å²) in [6.07, 6.45) is -1.17. The van der Waals surface area contributed by atoms with Gasteiger partial charge in [-0.05, 0) is 52.6 Å². The quantitative estimate of drug-likeness (QED) is 0.539. The van der Waals surface area contributed by atoms with Gasteiger partial charge >= 0.3 is 6.03 Å². The molecule has 6 nitrogen and oxygen atoms in total. The van der Waals surface area contributed by atoms with E-state index in [4.69, 9.17) is 0 Å². The maximum absolute atomic E-state index is 12.0. The number of imide groups is 1. The number of urea groups is 1. The predicted molar refractivity (Wildman–Crippen MR) is 101 cm³/mol. The van der Waals surface area contributed by atoms with Gasteiger partial charge in [-0.25, -0.2) is 4.79 Å². The molecule has 3 aromatic rings. The Morgan fingerprint density at radius 3 is 2.19 bits per heavy atom. The zero-order valence-corrected chi connectivity index (χ0v) is 14.6. The lowest BCUT2D eigenvalue weighted by atomic mass is 9.88. The van der Waals surface area contributed by atoms with Crippen LogP contribution in [0.4, 0.5) is 4.79 Å². The molecule has 6 heteroatoms. The van der Waals surface area contributed by atoms with Crippen LogP contribution in [-0.2, 0) is 4.79 Å². The number of phenols is 1. The Bertz CT molecular complexity index is 1060. The molecule has 27 heavy (non-hydrogen) atoms. The second-order valence-electron chi connectivity index (χ2n) is 6.88. The maximum Gasteiger partial charge on any atom is 0.322 e. The normalized spacial score (nSPS) is 20.4. The first-order chi connectivity index (χ1) is 12.9. The topological polar surface area (TPSA) is 98.7 Å². The molecule has 3 amide bonds. The molecule has 0 aliphatic carbocycles. The van der Waals surface area contributed by atoms with Crippen LogP contribution < -0.4 is 10.6 Å². The number of hydrogen-bond donors (Lipinski definition) is 4. The molecule has 1 fully saturated rings. The molecule has 0 bridgehead atoms. The van der Waals surface area contributed by atoms with Crippen molar-refractivity contribution in [3.05, 3.63) is 66.2 Å². The smallest absolute Gasteiger partial charge is 0.322 e. The number of rotatable bonds is 3. The molecule has 1 saturated heterocycles. The standard InChI is InChI=1S/C21H18N2O4/c1-21(19(26)22-20(27)23-21)18(25)13-4-2-12(3-5-13)14-6-7-16-11-17(24)9-8-15(16)10-14/h2-11,18,24-25H,1H3,(H2,22,23,26,27)/t18?,21-/m1/s1. The highest BCUT2D eigenvalue weighted by Gasteiger charge is 2.48. The average molecular weight is 362 g/mol. The Morgan fingerprint density at radius 2 is 1.52 bits per heavy atom. The minimum absolute atomic E-state index is 0.227. The number of phenolic OH excluding ortho intramolecular Hbond substituents is 1. The molecule has 0 aromatic heterocycles. The van der Waals surface area contributed by atoms with E-state index in [1.807, 2.05) is 36.4 Å². The number of aromatic hydroxyl groups is 1. The van der Waals surface area contributed by atoms with Crippen molar-refractivity contribution in [1.82, 2.24) is 10.6 Å². The van der Waals surface area contributed by atoms with Gasteiger partial charge in [0.25, 0.3) is 5.91 Å². The van der Waals surface area contributed by atoms with Crippen molar-refractivity contribution in [3.8, 4) is 16.9 Å². The monoisotopic (exact) mass is 362 g/mol. The average Bonchev–Trinajstić information content (AvgIpc) is 2.93. The molecule has 136 valence electrons. The SMILES string of the molecule is C[C@]1(C(O)c2ccc(-c3ccc4cc(O)ccc4c3)cc2)NC(=O)NC1=O. The fourth-order valence-corrected chi connectivity index (χ4v) is 3.35. The third kappa shape index (κ3) is 2.90. The first-order valence-corrected chi connectivity index (χ1v) is 8.51. The summed E-state index contributed by atoms with van der Waals surface area (Å²) in [5.74, 6) is -0.327. The largest absolute Gasteiger partial charge is 0.508 e. The van der Waals surface area contributed by atoms with E-state index < -0.39 is 23.6 Å². The van der Waals surface area contributed by atoms with E-state index in [0.717, 1.165) is 21.9 Å². The van der Waals surface area contributed by atoms with Crippen LogP contribution in [0.2, 0.25) is 0 Å². The molecule has 4 rings (SSSR count). The minimum atomic E-state index is -1.40. The van der Waals surface area contributed by atoms with E-state index in [0.29, 0.717) is 5.56 Å². The number of amides is 3. The molecule has 0 saturated carbocycles. The number of hydrogen-bond acceptors (Lipinski definition) is 4. The van der Waals surface area contributed by atoms with Crippen LogP contribution in [0.15, 0.2) is 60.7 Å². The van der Waals surface area contributed by atoms with Crippen LogP contribution in [0, 0.1) is 0 Å². The molecule has 1 aliphatic rings. The van der Waals surface area contributed by atoms with Crippen molar-refractivity contribution in [2.24, 2.45) is 0 Å². The molecular formula is C21H18N2O4. The van der Waals surface area contributed by atoms with Crippen LogP contribution >= 0.6 is 0 Å². The van der Waals surface area contributed by atoms with E-state index in [-0.39, 0.29) is 5.75 Å². The van der Waals surface area contributed by atoms with Crippen molar-refractivity contribution < 1.29 is 19.8 Å². The van der Waals surface area contributed by atoms with Crippen molar-refractivity contribution >= 4 is 22.7 Å². The Balaban J connectivity index is 1.63. The zero-order valence-electron chi connectivity index (χ0n) is 14.6. The summed E-state index contributed by atoms with van der Waals surface area (Å²) < 4.78 is 0. The van der Waals surface area contributed by atoms with E-state index in [9.17, 15) is 19.8 Å². The fourth-order valence-electron chi connectivity index (χ4n) is 3.35. The summed E-state index contributed by atoms with van der Waals surface area (Å²) >= 11 is 0. The Kier molecular flexibility index (Phi) is 3.86. The summed E-state index contributed by atoms with van der Waals surface area (Å²) in [6.45, 7) is 1.49. The van der Waals surface area contributed by atoms with Crippen molar-refractivity contribution in [1.29, 1.82) is 0 Å². The summed E-state index contributed by atoms with van der Waals surface area (Å²) in [7, 11) is 0.